The van der Waals surface area contributed by atoms with Crippen molar-refractivity contribution in [1.82, 2.24) is 9.97 Å². The number of nitrogens with one attached hydrogen (secondary N) is 2. The molecule has 0 spiro atoms. The van der Waals surface area contributed by atoms with Gasteiger partial charge in [-0.2, -0.15) is 4.98 Å². The van der Waals surface area contributed by atoms with Crippen molar-refractivity contribution in [1.29, 1.82) is 0 Å². The average molecular weight is 387 g/mol. The van der Waals surface area contributed by atoms with E-state index in [1.165, 1.54) is 25.7 Å². The van der Waals surface area contributed by atoms with Crippen LogP contribution in [0.2, 0.25) is 0 Å². The molecule has 0 bridgehead atoms. The normalized spacial score (nSPS) is 14.2. The fourth-order valence-corrected chi connectivity index (χ4v) is 3.12. The topological polar surface area (TPSA) is 49.8 Å². The summed E-state index contributed by atoms with van der Waals surface area (Å²) in [5.41, 5.74) is 3.50. The van der Waals surface area contributed by atoms with Crippen LogP contribution in [0, 0.1) is 6.92 Å². The molecule has 5 heteroatoms. The van der Waals surface area contributed by atoms with Crippen molar-refractivity contribution >= 4 is 33.4 Å². The zero-order chi connectivity index (χ0) is 16.8. The Balaban J connectivity index is 1.60. The summed E-state index contributed by atoms with van der Waals surface area (Å²) in [6.45, 7) is 2.91. The van der Waals surface area contributed by atoms with E-state index in [-0.39, 0.29) is 0 Å². The summed E-state index contributed by atoms with van der Waals surface area (Å²) in [4.78, 5) is 9.03. The number of rotatable bonds is 6. The van der Waals surface area contributed by atoms with E-state index >= 15 is 0 Å². The van der Waals surface area contributed by atoms with Gasteiger partial charge < -0.3 is 10.6 Å². The Morgan fingerprint density at radius 1 is 1.12 bits per heavy atom. The third kappa shape index (κ3) is 5.06. The highest BCUT2D eigenvalue weighted by Gasteiger charge is 2.05. The second-order valence-electron chi connectivity index (χ2n) is 6.13. The van der Waals surface area contributed by atoms with E-state index in [1.807, 2.05) is 37.3 Å². The molecule has 1 heterocycles. The van der Waals surface area contributed by atoms with Gasteiger partial charge >= 0.3 is 0 Å². The summed E-state index contributed by atoms with van der Waals surface area (Å²) in [5, 5.41) is 6.69. The minimum atomic E-state index is 0.622. The molecule has 0 aliphatic heterocycles. The van der Waals surface area contributed by atoms with Crippen LogP contribution in [0.15, 0.2) is 46.5 Å². The first kappa shape index (κ1) is 17.0. The zero-order valence-corrected chi connectivity index (χ0v) is 15.6. The van der Waals surface area contributed by atoms with E-state index in [1.54, 1.807) is 5.57 Å². The number of anilines is 3. The number of hydrogen-bond acceptors (Lipinski definition) is 4. The van der Waals surface area contributed by atoms with Gasteiger partial charge in [0.25, 0.3) is 0 Å². The van der Waals surface area contributed by atoms with Crippen molar-refractivity contribution in [3.8, 4) is 0 Å². The lowest BCUT2D eigenvalue weighted by Gasteiger charge is -2.14. The van der Waals surface area contributed by atoms with Gasteiger partial charge in [-0.15, -0.1) is 0 Å². The van der Waals surface area contributed by atoms with Gasteiger partial charge in [-0.25, -0.2) is 4.98 Å². The predicted octanol–water partition coefficient (Wildman–Crippen LogP) is 5.59. The van der Waals surface area contributed by atoms with Crippen molar-refractivity contribution < 1.29 is 0 Å². The molecule has 1 aliphatic carbocycles. The molecule has 2 N–H and O–H groups in total. The van der Waals surface area contributed by atoms with Gasteiger partial charge in [-0.1, -0.05) is 27.6 Å². The van der Waals surface area contributed by atoms with Crippen LogP contribution in [0.1, 0.15) is 37.8 Å². The van der Waals surface area contributed by atoms with Crippen molar-refractivity contribution in [2.45, 2.75) is 39.0 Å². The maximum Gasteiger partial charge on any atom is 0.229 e. The molecule has 3 rings (SSSR count). The van der Waals surface area contributed by atoms with Crippen molar-refractivity contribution in [3.05, 3.63) is 52.1 Å². The molecule has 1 aromatic carbocycles. The highest BCUT2D eigenvalue weighted by atomic mass is 79.9. The summed E-state index contributed by atoms with van der Waals surface area (Å²) in [5.74, 6) is 1.50. The molecule has 0 radical (unpaired) electrons. The molecule has 0 fully saturated rings. The Morgan fingerprint density at radius 3 is 2.71 bits per heavy atom. The summed E-state index contributed by atoms with van der Waals surface area (Å²) >= 11 is 3.44. The number of benzene rings is 1. The lowest BCUT2D eigenvalue weighted by Crippen LogP contribution is -2.08. The van der Waals surface area contributed by atoms with Gasteiger partial charge in [0.05, 0.1) is 0 Å². The highest BCUT2D eigenvalue weighted by Crippen LogP contribution is 2.21. The maximum absolute atomic E-state index is 4.57. The number of halogens is 1. The third-order valence-corrected chi connectivity index (χ3v) is 4.62. The van der Waals surface area contributed by atoms with Crippen molar-refractivity contribution in [2.24, 2.45) is 0 Å². The predicted molar refractivity (Wildman–Crippen MR) is 104 cm³/mol. The smallest absolute Gasteiger partial charge is 0.229 e. The Bertz CT molecular complexity index is 710. The summed E-state index contributed by atoms with van der Waals surface area (Å²) in [6, 6.07) is 9.98. The number of hydrogen-bond donors (Lipinski definition) is 2. The molecule has 24 heavy (non-hydrogen) atoms. The van der Waals surface area contributed by atoms with Gasteiger partial charge in [-0.05, 0) is 63.3 Å². The first-order chi connectivity index (χ1) is 11.7. The Labute approximate surface area is 151 Å². The van der Waals surface area contributed by atoms with E-state index in [0.717, 1.165) is 34.6 Å². The SMILES string of the molecule is Cc1cc(NCCC2=CCCCC2)nc(Nc2ccc(Br)cc2)n1. The van der Waals surface area contributed by atoms with Crippen LogP contribution in [0.5, 0.6) is 0 Å². The first-order valence-electron chi connectivity index (χ1n) is 8.49. The Hall–Kier alpha value is -1.88. The van der Waals surface area contributed by atoms with E-state index in [0.29, 0.717) is 5.95 Å². The zero-order valence-electron chi connectivity index (χ0n) is 14.0. The molecular formula is C19H23BrN4. The van der Waals surface area contributed by atoms with Gasteiger partial charge in [-0.3, -0.25) is 0 Å². The van der Waals surface area contributed by atoms with Gasteiger partial charge in [0, 0.05) is 28.5 Å². The van der Waals surface area contributed by atoms with Gasteiger partial charge in [0.2, 0.25) is 5.95 Å². The van der Waals surface area contributed by atoms with Gasteiger partial charge in [0.15, 0.2) is 0 Å². The standard InChI is InChI=1S/C19H23BrN4/c1-14-13-18(21-12-11-15-5-3-2-4-6-15)24-19(22-14)23-17-9-7-16(20)8-10-17/h5,7-10,13H,2-4,6,11-12H2,1H3,(H2,21,22,23,24). The van der Waals surface area contributed by atoms with Crippen LogP contribution >= 0.6 is 15.9 Å². The van der Waals surface area contributed by atoms with Crippen molar-refractivity contribution in [3.63, 3.8) is 0 Å². The first-order valence-corrected chi connectivity index (χ1v) is 9.28. The van der Waals surface area contributed by atoms with Crippen molar-refractivity contribution in [2.75, 3.05) is 17.2 Å². The molecule has 0 unspecified atom stereocenters. The fourth-order valence-electron chi connectivity index (χ4n) is 2.86. The largest absolute Gasteiger partial charge is 0.370 e. The molecule has 4 nitrogen and oxygen atoms in total. The monoisotopic (exact) mass is 386 g/mol. The van der Waals surface area contributed by atoms with E-state index in [4.69, 9.17) is 0 Å². The van der Waals surface area contributed by atoms with E-state index < -0.39 is 0 Å². The summed E-state index contributed by atoms with van der Waals surface area (Å²) < 4.78 is 1.05. The van der Waals surface area contributed by atoms with E-state index in [9.17, 15) is 0 Å². The van der Waals surface area contributed by atoms with Crippen LogP contribution in [0.3, 0.4) is 0 Å². The minimum absolute atomic E-state index is 0.622. The number of aryl methyl sites for hydroxylation is 1. The molecule has 0 amide bonds. The number of aromatic nitrogens is 2. The summed E-state index contributed by atoms with van der Waals surface area (Å²) in [7, 11) is 0. The number of allylic oxidation sites excluding steroid dienone is 1. The highest BCUT2D eigenvalue weighted by molar-refractivity contribution is 9.10. The quantitative estimate of drug-likeness (QED) is 0.634. The molecule has 1 aliphatic rings. The van der Waals surface area contributed by atoms with E-state index in [2.05, 4.69) is 42.6 Å². The lowest BCUT2D eigenvalue weighted by atomic mass is 9.97. The lowest BCUT2D eigenvalue weighted by molar-refractivity contribution is 0.679. The maximum atomic E-state index is 4.57. The van der Waals surface area contributed by atoms with Crippen LogP contribution < -0.4 is 10.6 Å². The van der Waals surface area contributed by atoms with Crippen LogP contribution in [-0.4, -0.2) is 16.5 Å². The number of nitrogens with zero attached hydrogens (tertiary/aromatic N) is 2. The molecule has 0 atom stereocenters. The Morgan fingerprint density at radius 2 is 1.96 bits per heavy atom. The molecule has 2 aromatic rings. The fraction of sp³-hybridized carbons (Fsp3) is 0.368. The molecule has 126 valence electrons. The molecule has 0 saturated heterocycles. The van der Waals surface area contributed by atoms with Crippen LogP contribution in [0.25, 0.3) is 0 Å². The molecule has 1 aromatic heterocycles. The van der Waals surface area contributed by atoms with Crippen LogP contribution in [-0.2, 0) is 0 Å². The summed E-state index contributed by atoms with van der Waals surface area (Å²) in [6.07, 6.45) is 8.66. The second kappa shape index (κ2) is 8.29. The molecule has 0 saturated carbocycles. The average Bonchev–Trinajstić information content (AvgIpc) is 2.57. The Kier molecular flexibility index (Phi) is 5.86. The second-order valence-corrected chi connectivity index (χ2v) is 7.05. The van der Waals surface area contributed by atoms with Gasteiger partial charge in [0.1, 0.15) is 5.82 Å². The molecular weight excluding hydrogens is 364 g/mol. The van der Waals surface area contributed by atoms with Crippen LogP contribution in [0.4, 0.5) is 17.5 Å². The third-order valence-electron chi connectivity index (χ3n) is 4.09. The minimum Gasteiger partial charge on any atom is -0.370 e.